The summed E-state index contributed by atoms with van der Waals surface area (Å²) in [5, 5.41) is 3.73. The lowest BCUT2D eigenvalue weighted by Crippen LogP contribution is -2.34. The quantitative estimate of drug-likeness (QED) is 0.611. The van der Waals surface area contributed by atoms with Crippen molar-refractivity contribution in [2.45, 2.75) is 19.4 Å². The maximum atomic E-state index is 12.3. The Labute approximate surface area is 151 Å². The molecule has 21 heavy (non-hydrogen) atoms. The van der Waals surface area contributed by atoms with E-state index in [-0.39, 0.29) is 11.9 Å². The molecule has 2 aromatic carbocycles. The Kier molecular flexibility index (Phi) is 6.08. The zero-order valence-corrected chi connectivity index (χ0v) is 15.9. The van der Waals surface area contributed by atoms with Crippen LogP contribution in [0.4, 0.5) is 0 Å². The van der Waals surface area contributed by atoms with Gasteiger partial charge in [-0.15, -0.1) is 0 Å². The number of rotatable bonds is 4. The fourth-order valence-electron chi connectivity index (χ4n) is 2.04. The molecule has 1 N–H and O–H groups in total. The summed E-state index contributed by atoms with van der Waals surface area (Å²) in [6.07, 6.45) is 0.744. The summed E-state index contributed by atoms with van der Waals surface area (Å²) in [7, 11) is 0. The average Bonchev–Trinajstić information content (AvgIpc) is 2.41. The summed E-state index contributed by atoms with van der Waals surface area (Å²) in [5.74, 6) is -0.0741. The van der Waals surface area contributed by atoms with Crippen LogP contribution in [0, 0.1) is 3.57 Å². The molecule has 2 nitrogen and oxygen atoms in total. The van der Waals surface area contributed by atoms with E-state index in [1.165, 1.54) is 0 Å². The molecule has 2 rings (SSSR count). The van der Waals surface area contributed by atoms with Crippen LogP contribution in [-0.4, -0.2) is 11.9 Å². The van der Waals surface area contributed by atoms with Crippen molar-refractivity contribution in [3.8, 4) is 0 Å². The van der Waals surface area contributed by atoms with Crippen LogP contribution >= 0.6 is 50.1 Å². The second kappa shape index (κ2) is 7.61. The fraction of sp³-hybridized carbons (Fsp3) is 0.188. The highest BCUT2D eigenvalue weighted by atomic mass is 127. The van der Waals surface area contributed by atoms with Gasteiger partial charge in [-0.25, -0.2) is 0 Å². The molecule has 110 valence electrons. The number of carbonyl (C=O) groups excluding carboxylic acids is 1. The van der Waals surface area contributed by atoms with Crippen LogP contribution in [0.3, 0.4) is 0 Å². The van der Waals surface area contributed by atoms with Gasteiger partial charge in [-0.3, -0.25) is 4.79 Å². The SMILES string of the molecule is CC(Cc1cccc(Cl)c1)NC(=O)c1cc(I)ccc1Br. The summed E-state index contributed by atoms with van der Waals surface area (Å²) in [6.45, 7) is 1.99. The monoisotopic (exact) mass is 477 g/mol. The van der Waals surface area contributed by atoms with E-state index in [1.807, 2.05) is 49.4 Å². The molecule has 0 fully saturated rings. The smallest absolute Gasteiger partial charge is 0.252 e. The van der Waals surface area contributed by atoms with Crippen molar-refractivity contribution in [3.05, 3.63) is 66.7 Å². The van der Waals surface area contributed by atoms with Crippen LogP contribution < -0.4 is 5.32 Å². The lowest BCUT2D eigenvalue weighted by molar-refractivity contribution is 0.0939. The van der Waals surface area contributed by atoms with Crippen molar-refractivity contribution in [3.63, 3.8) is 0 Å². The maximum absolute atomic E-state index is 12.3. The molecule has 0 radical (unpaired) electrons. The third-order valence-corrected chi connectivity index (χ3v) is 4.58. The average molecular weight is 479 g/mol. The molecule has 0 heterocycles. The lowest BCUT2D eigenvalue weighted by Gasteiger charge is -2.15. The summed E-state index contributed by atoms with van der Waals surface area (Å²) in [6, 6.07) is 13.4. The first-order valence-corrected chi connectivity index (χ1v) is 8.71. The van der Waals surface area contributed by atoms with Crippen molar-refractivity contribution in [1.82, 2.24) is 5.32 Å². The molecule has 0 aromatic heterocycles. The minimum atomic E-state index is -0.0741. The Morgan fingerprint density at radius 3 is 2.81 bits per heavy atom. The molecular weight excluding hydrogens is 464 g/mol. The molecule has 0 bridgehead atoms. The topological polar surface area (TPSA) is 29.1 Å². The first kappa shape index (κ1) is 16.8. The van der Waals surface area contributed by atoms with E-state index in [1.54, 1.807) is 0 Å². The van der Waals surface area contributed by atoms with Crippen molar-refractivity contribution in [2.24, 2.45) is 0 Å². The highest BCUT2D eigenvalue weighted by molar-refractivity contribution is 14.1. The standard InChI is InChI=1S/C16H14BrClINO/c1-10(7-11-3-2-4-12(18)8-11)20-16(21)14-9-13(19)5-6-15(14)17/h2-6,8-10H,7H2,1H3,(H,20,21). The zero-order valence-electron chi connectivity index (χ0n) is 11.4. The van der Waals surface area contributed by atoms with Gasteiger partial charge in [0.2, 0.25) is 0 Å². The number of nitrogens with one attached hydrogen (secondary N) is 1. The second-order valence-electron chi connectivity index (χ2n) is 4.83. The maximum Gasteiger partial charge on any atom is 0.252 e. The van der Waals surface area contributed by atoms with Crippen LogP contribution in [0.1, 0.15) is 22.8 Å². The molecule has 0 aliphatic rings. The van der Waals surface area contributed by atoms with Gasteiger partial charge in [0.1, 0.15) is 0 Å². The van der Waals surface area contributed by atoms with Crippen molar-refractivity contribution in [2.75, 3.05) is 0 Å². The number of hydrogen-bond acceptors (Lipinski definition) is 1. The van der Waals surface area contributed by atoms with Gasteiger partial charge >= 0.3 is 0 Å². The summed E-state index contributed by atoms with van der Waals surface area (Å²) >= 11 is 11.6. The van der Waals surface area contributed by atoms with E-state index < -0.39 is 0 Å². The molecule has 1 atom stereocenters. The van der Waals surface area contributed by atoms with Gasteiger partial charge in [-0.05, 0) is 87.8 Å². The van der Waals surface area contributed by atoms with Crippen LogP contribution in [0.25, 0.3) is 0 Å². The van der Waals surface area contributed by atoms with E-state index >= 15 is 0 Å². The molecule has 0 saturated heterocycles. The fourth-order valence-corrected chi connectivity index (χ4v) is 3.17. The van der Waals surface area contributed by atoms with Crippen molar-refractivity contribution < 1.29 is 4.79 Å². The Morgan fingerprint density at radius 2 is 2.10 bits per heavy atom. The molecule has 0 saturated carbocycles. The summed E-state index contributed by atoms with van der Waals surface area (Å²) in [5.41, 5.74) is 1.76. The largest absolute Gasteiger partial charge is 0.349 e. The molecular formula is C16H14BrClINO. The van der Waals surface area contributed by atoms with Crippen LogP contribution in [0.2, 0.25) is 5.02 Å². The van der Waals surface area contributed by atoms with Gasteiger partial charge < -0.3 is 5.32 Å². The molecule has 1 unspecified atom stereocenters. The zero-order chi connectivity index (χ0) is 15.4. The van der Waals surface area contributed by atoms with E-state index in [4.69, 9.17) is 11.6 Å². The predicted octanol–water partition coefficient (Wildman–Crippen LogP) is 5.07. The van der Waals surface area contributed by atoms with Gasteiger partial charge in [0.15, 0.2) is 0 Å². The van der Waals surface area contributed by atoms with Crippen LogP contribution in [0.15, 0.2) is 46.9 Å². The van der Waals surface area contributed by atoms with Gasteiger partial charge in [-0.1, -0.05) is 23.7 Å². The molecule has 0 aliphatic carbocycles. The molecule has 2 aromatic rings. The Balaban J connectivity index is 2.03. The third-order valence-electron chi connectivity index (χ3n) is 2.98. The predicted molar refractivity (Wildman–Crippen MR) is 98.9 cm³/mol. The van der Waals surface area contributed by atoms with E-state index in [9.17, 15) is 4.79 Å². The summed E-state index contributed by atoms with van der Waals surface area (Å²) < 4.78 is 1.83. The molecule has 1 amide bonds. The first-order chi connectivity index (χ1) is 9.95. The Morgan fingerprint density at radius 1 is 1.33 bits per heavy atom. The number of halogens is 3. The van der Waals surface area contributed by atoms with Crippen molar-refractivity contribution in [1.29, 1.82) is 0 Å². The molecule has 5 heteroatoms. The minimum Gasteiger partial charge on any atom is -0.349 e. The first-order valence-electron chi connectivity index (χ1n) is 6.46. The molecule has 0 aliphatic heterocycles. The Hall–Kier alpha value is -0.590. The van der Waals surface area contributed by atoms with Gasteiger partial charge in [0.05, 0.1) is 5.56 Å². The number of hydrogen-bond donors (Lipinski definition) is 1. The highest BCUT2D eigenvalue weighted by Crippen LogP contribution is 2.20. The van der Waals surface area contributed by atoms with Gasteiger partial charge in [-0.2, -0.15) is 0 Å². The normalized spacial score (nSPS) is 12.0. The van der Waals surface area contributed by atoms with E-state index in [0.717, 1.165) is 20.0 Å². The third kappa shape index (κ3) is 4.97. The lowest BCUT2D eigenvalue weighted by atomic mass is 10.1. The van der Waals surface area contributed by atoms with Gasteiger partial charge in [0, 0.05) is 19.1 Å². The number of benzene rings is 2. The van der Waals surface area contributed by atoms with E-state index in [2.05, 4.69) is 43.8 Å². The van der Waals surface area contributed by atoms with E-state index in [0.29, 0.717) is 10.6 Å². The van der Waals surface area contributed by atoms with Crippen LogP contribution in [0.5, 0.6) is 0 Å². The van der Waals surface area contributed by atoms with Crippen LogP contribution in [-0.2, 0) is 6.42 Å². The molecule has 0 spiro atoms. The number of carbonyl (C=O) groups is 1. The summed E-state index contributed by atoms with van der Waals surface area (Å²) in [4.78, 5) is 12.3. The Bertz CT molecular complexity index is 662. The van der Waals surface area contributed by atoms with Gasteiger partial charge in [0.25, 0.3) is 5.91 Å². The number of amides is 1. The highest BCUT2D eigenvalue weighted by Gasteiger charge is 2.13. The second-order valence-corrected chi connectivity index (χ2v) is 7.37. The minimum absolute atomic E-state index is 0.0285. The van der Waals surface area contributed by atoms with Crippen molar-refractivity contribution >= 4 is 56.0 Å².